The van der Waals surface area contributed by atoms with Crippen molar-refractivity contribution in [3.63, 3.8) is 0 Å². The van der Waals surface area contributed by atoms with E-state index in [-0.39, 0.29) is 17.3 Å². The summed E-state index contributed by atoms with van der Waals surface area (Å²) in [5.41, 5.74) is 0. The standard InChI is InChI=1S/C10H21NO3S/c1-8(7-10(12)14-3)11-6-5-9(2)15(4)13/h8-9,11H,5-7H2,1-4H3. The van der Waals surface area contributed by atoms with E-state index < -0.39 is 10.8 Å². The number of ether oxygens (including phenoxy) is 1. The van der Waals surface area contributed by atoms with E-state index in [0.717, 1.165) is 13.0 Å². The van der Waals surface area contributed by atoms with Crippen LogP contribution in [0.25, 0.3) is 0 Å². The first-order valence-corrected chi connectivity index (χ1v) is 6.72. The van der Waals surface area contributed by atoms with E-state index in [1.807, 2.05) is 13.8 Å². The van der Waals surface area contributed by atoms with Crippen LogP contribution in [0.2, 0.25) is 0 Å². The summed E-state index contributed by atoms with van der Waals surface area (Å²) >= 11 is 0. The summed E-state index contributed by atoms with van der Waals surface area (Å²) in [4.78, 5) is 10.9. The zero-order chi connectivity index (χ0) is 11.8. The number of hydrogen-bond donors (Lipinski definition) is 1. The van der Waals surface area contributed by atoms with Crippen molar-refractivity contribution in [3.8, 4) is 0 Å². The highest BCUT2D eigenvalue weighted by atomic mass is 32.2. The molecule has 0 spiro atoms. The highest BCUT2D eigenvalue weighted by molar-refractivity contribution is 7.84. The maximum absolute atomic E-state index is 11.1. The van der Waals surface area contributed by atoms with Gasteiger partial charge in [-0.05, 0) is 19.9 Å². The van der Waals surface area contributed by atoms with Crippen LogP contribution in [0.4, 0.5) is 0 Å². The lowest BCUT2D eigenvalue weighted by Gasteiger charge is -2.14. The van der Waals surface area contributed by atoms with Gasteiger partial charge in [-0.15, -0.1) is 0 Å². The predicted octanol–water partition coefficient (Wildman–Crippen LogP) is 0.685. The van der Waals surface area contributed by atoms with E-state index in [4.69, 9.17) is 0 Å². The van der Waals surface area contributed by atoms with Gasteiger partial charge in [0.2, 0.25) is 0 Å². The number of hydrogen-bond acceptors (Lipinski definition) is 4. The van der Waals surface area contributed by atoms with Gasteiger partial charge in [-0.2, -0.15) is 0 Å². The maximum atomic E-state index is 11.1. The molecule has 90 valence electrons. The zero-order valence-corrected chi connectivity index (χ0v) is 10.7. The molecule has 0 aromatic carbocycles. The van der Waals surface area contributed by atoms with Crippen LogP contribution >= 0.6 is 0 Å². The molecule has 0 heterocycles. The third-order valence-corrected chi connectivity index (χ3v) is 3.68. The van der Waals surface area contributed by atoms with Crippen molar-refractivity contribution < 1.29 is 13.7 Å². The van der Waals surface area contributed by atoms with Gasteiger partial charge in [0, 0.05) is 28.3 Å². The van der Waals surface area contributed by atoms with Crippen molar-refractivity contribution in [2.24, 2.45) is 0 Å². The molecule has 4 nitrogen and oxygen atoms in total. The Bertz CT molecular complexity index is 221. The van der Waals surface area contributed by atoms with E-state index in [1.54, 1.807) is 6.26 Å². The van der Waals surface area contributed by atoms with Gasteiger partial charge in [0.05, 0.1) is 13.5 Å². The van der Waals surface area contributed by atoms with Crippen LogP contribution in [-0.2, 0) is 20.3 Å². The topological polar surface area (TPSA) is 55.4 Å². The second-order valence-corrected chi connectivity index (χ2v) is 5.54. The average Bonchev–Trinajstić information content (AvgIpc) is 2.17. The molecule has 5 heteroatoms. The maximum Gasteiger partial charge on any atom is 0.307 e. The van der Waals surface area contributed by atoms with E-state index >= 15 is 0 Å². The van der Waals surface area contributed by atoms with E-state index in [2.05, 4.69) is 10.1 Å². The van der Waals surface area contributed by atoms with Gasteiger partial charge in [-0.1, -0.05) is 6.92 Å². The lowest BCUT2D eigenvalue weighted by Crippen LogP contribution is -2.31. The van der Waals surface area contributed by atoms with Crippen molar-refractivity contribution in [2.75, 3.05) is 19.9 Å². The van der Waals surface area contributed by atoms with Crippen LogP contribution in [0.5, 0.6) is 0 Å². The van der Waals surface area contributed by atoms with E-state index in [9.17, 15) is 9.00 Å². The molecule has 1 N–H and O–H groups in total. The molecule has 0 radical (unpaired) electrons. The molecule has 0 amide bonds. The molecule has 0 aromatic rings. The number of carbonyl (C=O) groups is 1. The molecule has 0 aliphatic rings. The zero-order valence-electron chi connectivity index (χ0n) is 9.91. The van der Waals surface area contributed by atoms with Crippen molar-refractivity contribution in [2.45, 2.75) is 38.0 Å². The average molecular weight is 235 g/mol. The summed E-state index contributed by atoms with van der Waals surface area (Å²) < 4.78 is 15.6. The van der Waals surface area contributed by atoms with Crippen molar-refractivity contribution in [3.05, 3.63) is 0 Å². The fourth-order valence-corrected chi connectivity index (χ4v) is 1.55. The summed E-state index contributed by atoms with van der Waals surface area (Å²) in [5.74, 6) is -0.206. The van der Waals surface area contributed by atoms with E-state index in [1.165, 1.54) is 7.11 Å². The highest BCUT2D eigenvalue weighted by Gasteiger charge is 2.10. The molecule has 15 heavy (non-hydrogen) atoms. The second-order valence-electron chi connectivity index (χ2n) is 3.73. The fourth-order valence-electron chi connectivity index (χ4n) is 1.10. The summed E-state index contributed by atoms with van der Waals surface area (Å²) in [6.45, 7) is 4.67. The number of methoxy groups -OCH3 is 1. The van der Waals surface area contributed by atoms with Gasteiger partial charge in [0.25, 0.3) is 0 Å². The lowest BCUT2D eigenvalue weighted by molar-refractivity contribution is -0.141. The third-order valence-electron chi connectivity index (χ3n) is 2.31. The first kappa shape index (κ1) is 14.6. The largest absolute Gasteiger partial charge is 0.469 e. The molecule has 0 fully saturated rings. The minimum Gasteiger partial charge on any atom is -0.469 e. The number of carbonyl (C=O) groups excluding carboxylic acids is 1. The fraction of sp³-hybridized carbons (Fsp3) is 0.900. The van der Waals surface area contributed by atoms with E-state index in [0.29, 0.717) is 6.42 Å². The van der Waals surface area contributed by atoms with Crippen LogP contribution in [0, 0.1) is 0 Å². The quantitative estimate of drug-likeness (QED) is 0.660. The first-order chi connectivity index (χ1) is 6.97. The third kappa shape index (κ3) is 7.50. The Morgan fingerprint density at radius 2 is 2.07 bits per heavy atom. The molecule has 0 aliphatic heterocycles. The minimum absolute atomic E-state index is 0.106. The summed E-state index contributed by atoms with van der Waals surface area (Å²) in [6.07, 6.45) is 2.94. The Balaban J connectivity index is 3.59. The van der Waals surface area contributed by atoms with Gasteiger partial charge >= 0.3 is 5.97 Å². The monoisotopic (exact) mass is 235 g/mol. The molecule has 0 saturated carbocycles. The molecule has 0 saturated heterocycles. The SMILES string of the molecule is COC(=O)CC(C)NCCC(C)S(C)=O. The molecular weight excluding hydrogens is 214 g/mol. The predicted molar refractivity (Wildman–Crippen MR) is 62.2 cm³/mol. The molecule has 0 aliphatic carbocycles. The first-order valence-electron chi connectivity index (χ1n) is 5.09. The van der Waals surface area contributed by atoms with Gasteiger partial charge < -0.3 is 10.1 Å². The van der Waals surface area contributed by atoms with Crippen LogP contribution < -0.4 is 5.32 Å². The van der Waals surface area contributed by atoms with Crippen LogP contribution in [0.3, 0.4) is 0 Å². The van der Waals surface area contributed by atoms with Gasteiger partial charge in [-0.3, -0.25) is 9.00 Å². The van der Waals surface area contributed by atoms with Crippen LogP contribution in [0.1, 0.15) is 26.7 Å². The normalized spacial score (nSPS) is 16.8. The second kappa shape index (κ2) is 7.82. The molecule has 0 bridgehead atoms. The Hall–Kier alpha value is -0.420. The summed E-state index contributed by atoms with van der Waals surface area (Å²) in [5, 5.41) is 3.40. The Labute approximate surface area is 94.2 Å². The molecule has 3 atom stereocenters. The van der Waals surface area contributed by atoms with Gasteiger partial charge in [-0.25, -0.2) is 0 Å². The Morgan fingerprint density at radius 1 is 1.47 bits per heavy atom. The van der Waals surface area contributed by atoms with Crippen molar-refractivity contribution in [1.82, 2.24) is 5.32 Å². The van der Waals surface area contributed by atoms with Crippen molar-refractivity contribution in [1.29, 1.82) is 0 Å². The Kier molecular flexibility index (Phi) is 7.60. The lowest BCUT2D eigenvalue weighted by atomic mass is 10.2. The summed E-state index contributed by atoms with van der Waals surface area (Å²) in [7, 11) is 0.617. The smallest absolute Gasteiger partial charge is 0.307 e. The van der Waals surface area contributed by atoms with Crippen molar-refractivity contribution >= 4 is 16.8 Å². The number of nitrogens with one attached hydrogen (secondary N) is 1. The highest BCUT2D eigenvalue weighted by Crippen LogP contribution is 1.99. The van der Waals surface area contributed by atoms with Crippen LogP contribution in [-0.4, -0.2) is 41.4 Å². The number of rotatable bonds is 7. The van der Waals surface area contributed by atoms with Gasteiger partial charge in [0.15, 0.2) is 0 Å². The molecular formula is C10H21NO3S. The molecule has 0 aromatic heterocycles. The number of esters is 1. The minimum atomic E-state index is -0.769. The molecule has 3 unspecified atom stereocenters. The summed E-state index contributed by atoms with van der Waals surface area (Å²) in [6, 6.07) is 0.106. The van der Waals surface area contributed by atoms with Gasteiger partial charge in [0.1, 0.15) is 0 Å². The van der Waals surface area contributed by atoms with Crippen LogP contribution in [0.15, 0.2) is 0 Å². The Morgan fingerprint density at radius 3 is 2.53 bits per heavy atom. The molecule has 0 rings (SSSR count).